The molecule has 0 atom stereocenters. The van der Waals surface area contributed by atoms with Crippen molar-refractivity contribution >= 4 is 22.8 Å². The topological polar surface area (TPSA) is 50.4 Å². The number of fused-ring (bicyclic) bond motifs is 1. The highest BCUT2D eigenvalue weighted by Crippen LogP contribution is 2.20. The SMILES string of the molecule is Oc1ccc(-n2cccc2C=Nc2ccc3ncccc3c2)cc1. The standard InChI is InChI=1S/C20H15N3O/c24-19-8-6-17(7-9-19)23-12-2-4-18(23)14-22-16-5-10-20-15(13-16)3-1-11-21-20/h1-14,24H. The van der Waals surface area contributed by atoms with E-state index in [9.17, 15) is 5.11 Å². The van der Waals surface area contributed by atoms with Crippen molar-refractivity contribution in [2.75, 3.05) is 0 Å². The van der Waals surface area contributed by atoms with Gasteiger partial charge in [-0.1, -0.05) is 6.07 Å². The molecule has 0 saturated heterocycles. The fourth-order valence-electron chi connectivity index (χ4n) is 2.63. The maximum absolute atomic E-state index is 9.42. The van der Waals surface area contributed by atoms with Crippen LogP contribution in [0.25, 0.3) is 16.6 Å². The molecule has 4 aromatic rings. The summed E-state index contributed by atoms with van der Waals surface area (Å²) in [6.45, 7) is 0. The lowest BCUT2D eigenvalue weighted by molar-refractivity contribution is 0.475. The molecule has 0 amide bonds. The van der Waals surface area contributed by atoms with Gasteiger partial charge in [-0.25, -0.2) is 0 Å². The highest BCUT2D eigenvalue weighted by Gasteiger charge is 2.01. The Balaban J connectivity index is 1.66. The molecule has 0 spiro atoms. The number of rotatable bonds is 3. The maximum Gasteiger partial charge on any atom is 0.115 e. The first kappa shape index (κ1) is 14.2. The van der Waals surface area contributed by atoms with Crippen molar-refractivity contribution in [3.8, 4) is 11.4 Å². The first-order chi connectivity index (χ1) is 11.8. The van der Waals surface area contributed by atoms with Crippen molar-refractivity contribution < 1.29 is 5.11 Å². The maximum atomic E-state index is 9.42. The number of benzene rings is 2. The van der Waals surface area contributed by atoms with Crippen LogP contribution in [0.4, 0.5) is 5.69 Å². The van der Waals surface area contributed by atoms with Gasteiger partial charge in [0.1, 0.15) is 5.75 Å². The van der Waals surface area contributed by atoms with E-state index in [1.54, 1.807) is 18.3 Å². The van der Waals surface area contributed by atoms with E-state index in [1.807, 2.05) is 71.6 Å². The molecule has 24 heavy (non-hydrogen) atoms. The molecule has 0 fully saturated rings. The quantitative estimate of drug-likeness (QED) is 0.567. The van der Waals surface area contributed by atoms with E-state index in [2.05, 4.69) is 9.98 Å². The van der Waals surface area contributed by atoms with Crippen molar-refractivity contribution in [2.45, 2.75) is 0 Å². The summed E-state index contributed by atoms with van der Waals surface area (Å²) in [6, 6.07) is 21.0. The first-order valence-corrected chi connectivity index (χ1v) is 7.65. The number of phenolic OH excluding ortho intramolecular Hbond substituents is 1. The number of aliphatic imine (C=N–C) groups is 1. The molecule has 0 aliphatic rings. The molecule has 1 N–H and O–H groups in total. The number of pyridine rings is 1. The molecule has 4 rings (SSSR count). The van der Waals surface area contributed by atoms with Gasteiger partial charge in [0.2, 0.25) is 0 Å². The largest absolute Gasteiger partial charge is 0.508 e. The summed E-state index contributed by atoms with van der Waals surface area (Å²) in [7, 11) is 0. The van der Waals surface area contributed by atoms with E-state index in [0.717, 1.165) is 28.0 Å². The molecule has 2 aromatic carbocycles. The summed E-state index contributed by atoms with van der Waals surface area (Å²) >= 11 is 0. The minimum Gasteiger partial charge on any atom is -0.508 e. The molecule has 4 heteroatoms. The van der Waals surface area contributed by atoms with Gasteiger partial charge >= 0.3 is 0 Å². The number of aromatic nitrogens is 2. The van der Waals surface area contributed by atoms with E-state index in [1.165, 1.54) is 0 Å². The van der Waals surface area contributed by atoms with Gasteiger partial charge in [0.15, 0.2) is 0 Å². The van der Waals surface area contributed by atoms with E-state index in [4.69, 9.17) is 0 Å². The van der Waals surface area contributed by atoms with Gasteiger partial charge in [-0.2, -0.15) is 0 Å². The Labute approximate surface area is 139 Å². The van der Waals surface area contributed by atoms with Gasteiger partial charge < -0.3 is 9.67 Å². The summed E-state index contributed by atoms with van der Waals surface area (Å²) in [5.41, 5.74) is 3.78. The van der Waals surface area contributed by atoms with Crippen LogP contribution in [0.2, 0.25) is 0 Å². The monoisotopic (exact) mass is 313 g/mol. The van der Waals surface area contributed by atoms with Gasteiger partial charge in [0.25, 0.3) is 0 Å². The Morgan fingerprint density at radius 1 is 0.958 bits per heavy atom. The molecule has 2 heterocycles. The smallest absolute Gasteiger partial charge is 0.115 e. The van der Waals surface area contributed by atoms with Crippen molar-refractivity contribution in [1.29, 1.82) is 0 Å². The van der Waals surface area contributed by atoms with Crippen LogP contribution >= 0.6 is 0 Å². The molecular weight excluding hydrogens is 298 g/mol. The third-order valence-electron chi connectivity index (χ3n) is 3.84. The lowest BCUT2D eigenvalue weighted by Gasteiger charge is -2.06. The van der Waals surface area contributed by atoms with Crippen molar-refractivity contribution in [1.82, 2.24) is 9.55 Å². The Hall–Kier alpha value is -3.40. The molecule has 0 aliphatic heterocycles. The molecule has 4 nitrogen and oxygen atoms in total. The lowest BCUT2D eigenvalue weighted by atomic mass is 10.2. The van der Waals surface area contributed by atoms with E-state index < -0.39 is 0 Å². The van der Waals surface area contributed by atoms with Crippen LogP contribution in [0.1, 0.15) is 5.69 Å². The second-order valence-corrected chi connectivity index (χ2v) is 5.46. The Kier molecular flexibility index (Phi) is 3.56. The minimum absolute atomic E-state index is 0.255. The van der Waals surface area contributed by atoms with E-state index >= 15 is 0 Å². The van der Waals surface area contributed by atoms with Crippen molar-refractivity contribution in [3.63, 3.8) is 0 Å². The number of aromatic hydroxyl groups is 1. The summed E-state index contributed by atoms with van der Waals surface area (Å²) < 4.78 is 2.02. The van der Waals surface area contributed by atoms with E-state index in [0.29, 0.717) is 0 Å². The highest BCUT2D eigenvalue weighted by molar-refractivity contribution is 5.85. The fraction of sp³-hybridized carbons (Fsp3) is 0. The normalized spacial score (nSPS) is 11.3. The van der Waals surface area contributed by atoms with Gasteiger partial charge in [-0.05, 0) is 60.7 Å². The Morgan fingerprint density at radius 2 is 1.83 bits per heavy atom. The molecule has 0 radical (unpaired) electrons. The second kappa shape index (κ2) is 6.01. The molecule has 2 aromatic heterocycles. The van der Waals surface area contributed by atoms with Gasteiger partial charge in [-0.3, -0.25) is 9.98 Å². The summed E-state index contributed by atoms with van der Waals surface area (Å²) in [4.78, 5) is 8.90. The molecule has 0 aliphatic carbocycles. The third-order valence-corrected chi connectivity index (χ3v) is 3.84. The molecule has 0 bridgehead atoms. The lowest BCUT2D eigenvalue weighted by Crippen LogP contribution is -1.97. The van der Waals surface area contributed by atoms with Crippen LogP contribution in [-0.4, -0.2) is 20.9 Å². The van der Waals surface area contributed by atoms with Crippen molar-refractivity contribution in [2.24, 2.45) is 4.99 Å². The fourth-order valence-corrected chi connectivity index (χ4v) is 2.63. The number of hydrogen-bond donors (Lipinski definition) is 1. The average molecular weight is 313 g/mol. The zero-order valence-electron chi connectivity index (χ0n) is 12.9. The Bertz CT molecular complexity index is 1020. The first-order valence-electron chi connectivity index (χ1n) is 7.65. The molecule has 116 valence electrons. The average Bonchev–Trinajstić information content (AvgIpc) is 3.09. The number of nitrogens with zero attached hydrogens (tertiary/aromatic N) is 3. The van der Waals surface area contributed by atoms with Crippen LogP contribution in [0.3, 0.4) is 0 Å². The third kappa shape index (κ3) is 2.77. The van der Waals surface area contributed by atoms with E-state index in [-0.39, 0.29) is 5.75 Å². The van der Waals surface area contributed by atoms with Crippen LogP contribution < -0.4 is 0 Å². The molecular formula is C20H15N3O. The summed E-state index contributed by atoms with van der Waals surface area (Å²) in [5, 5.41) is 10.5. The van der Waals surface area contributed by atoms with Crippen molar-refractivity contribution in [3.05, 3.63) is 84.8 Å². The minimum atomic E-state index is 0.255. The predicted molar refractivity (Wildman–Crippen MR) is 96.4 cm³/mol. The number of phenols is 1. The van der Waals surface area contributed by atoms with Crippen LogP contribution in [0.5, 0.6) is 5.75 Å². The van der Waals surface area contributed by atoms with Crippen LogP contribution in [0, 0.1) is 0 Å². The Morgan fingerprint density at radius 3 is 2.71 bits per heavy atom. The predicted octanol–water partition coefficient (Wildman–Crippen LogP) is 4.48. The molecule has 0 saturated carbocycles. The second-order valence-electron chi connectivity index (χ2n) is 5.46. The molecule has 0 unspecified atom stereocenters. The summed E-state index contributed by atoms with van der Waals surface area (Å²) in [5.74, 6) is 0.255. The zero-order chi connectivity index (χ0) is 16.4. The number of hydrogen-bond acceptors (Lipinski definition) is 3. The van der Waals surface area contributed by atoms with Gasteiger partial charge in [0.05, 0.1) is 23.1 Å². The zero-order valence-corrected chi connectivity index (χ0v) is 12.9. The van der Waals surface area contributed by atoms with Crippen LogP contribution in [-0.2, 0) is 0 Å². The van der Waals surface area contributed by atoms with Gasteiger partial charge in [0, 0.05) is 23.5 Å². The highest BCUT2D eigenvalue weighted by atomic mass is 16.3. The summed E-state index contributed by atoms with van der Waals surface area (Å²) in [6.07, 6.45) is 5.60. The van der Waals surface area contributed by atoms with Crippen LogP contribution in [0.15, 0.2) is 84.1 Å². The van der Waals surface area contributed by atoms with Gasteiger partial charge in [-0.15, -0.1) is 0 Å².